The molecule has 9 heteroatoms. The Morgan fingerprint density at radius 2 is 1.62 bits per heavy atom. The zero-order valence-electron chi connectivity index (χ0n) is 19.6. The van der Waals surface area contributed by atoms with Crippen LogP contribution in [0.15, 0.2) is 65.9 Å². The Morgan fingerprint density at radius 1 is 0.941 bits per heavy atom. The number of rotatable bonds is 9. The number of carbonyl (C=O) groups is 1. The Bertz CT molecular complexity index is 1110. The summed E-state index contributed by atoms with van der Waals surface area (Å²) in [5.41, 5.74) is 1.92. The number of aliphatic imine (C=N–C) groups is 1. The maximum absolute atomic E-state index is 13.2. The first-order valence-electron chi connectivity index (χ1n) is 10.6. The molecule has 1 amide bonds. The lowest BCUT2D eigenvalue weighted by Crippen LogP contribution is -2.36. The summed E-state index contributed by atoms with van der Waals surface area (Å²) in [6.45, 7) is 2.73. The van der Waals surface area contributed by atoms with Gasteiger partial charge in [0.25, 0.3) is 5.91 Å². The van der Waals surface area contributed by atoms with Crippen LogP contribution in [0.4, 0.5) is 5.69 Å². The highest BCUT2D eigenvalue weighted by molar-refractivity contribution is 6.10. The number of methoxy groups -OCH3 is 3. The molecule has 0 saturated carbocycles. The van der Waals surface area contributed by atoms with Crippen LogP contribution < -0.4 is 29.6 Å². The monoisotopic (exact) mass is 464 g/mol. The number of benzene rings is 2. The molecule has 0 fully saturated rings. The Morgan fingerprint density at radius 3 is 2.24 bits per heavy atom. The molecule has 2 N–H and O–H groups in total. The van der Waals surface area contributed by atoms with Crippen molar-refractivity contribution < 1.29 is 23.7 Å². The van der Waals surface area contributed by atoms with Gasteiger partial charge in [0.2, 0.25) is 11.7 Å². The molecule has 3 rings (SSSR count). The Labute approximate surface area is 198 Å². The quantitative estimate of drug-likeness (QED) is 0.366. The van der Waals surface area contributed by atoms with E-state index in [2.05, 4.69) is 20.6 Å². The van der Waals surface area contributed by atoms with Crippen molar-refractivity contribution in [2.75, 3.05) is 33.3 Å². The van der Waals surface area contributed by atoms with Gasteiger partial charge in [-0.1, -0.05) is 12.1 Å². The molecule has 0 aliphatic carbocycles. The van der Waals surface area contributed by atoms with Gasteiger partial charge in [0.05, 0.1) is 40.2 Å². The van der Waals surface area contributed by atoms with Crippen molar-refractivity contribution in [2.45, 2.75) is 13.5 Å². The molecule has 34 heavy (non-hydrogen) atoms. The molecular formula is C25H28N4O5. The number of nitrogens with one attached hydrogen (secondary N) is 2. The summed E-state index contributed by atoms with van der Waals surface area (Å²) in [5, 5.41) is 6.01. The van der Waals surface area contributed by atoms with Crippen LogP contribution in [-0.2, 0) is 6.54 Å². The Balaban J connectivity index is 1.91. The number of hydrogen-bond acceptors (Lipinski definition) is 7. The van der Waals surface area contributed by atoms with E-state index >= 15 is 0 Å². The van der Waals surface area contributed by atoms with Gasteiger partial charge in [-0.3, -0.25) is 15.1 Å². The van der Waals surface area contributed by atoms with E-state index < -0.39 is 5.91 Å². The Kier molecular flexibility index (Phi) is 8.67. The van der Waals surface area contributed by atoms with Gasteiger partial charge in [0, 0.05) is 18.0 Å². The molecule has 178 valence electrons. The molecule has 2 aromatic carbocycles. The molecule has 0 atom stereocenters. The van der Waals surface area contributed by atoms with E-state index in [1.807, 2.05) is 43.3 Å². The number of carbonyl (C=O) groups excluding carboxylic acids is 1. The van der Waals surface area contributed by atoms with Crippen LogP contribution in [0.25, 0.3) is 0 Å². The highest BCUT2D eigenvalue weighted by Crippen LogP contribution is 2.38. The van der Waals surface area contributed by atoms with Crippen molar-refractivity contribution in [3.8, 4) is 23.0 Å². The zero-order valence-corrected chi connectivity index (χ0v) is 19.6. The van der Waals surface area contributed by atoms with Crippen molar-refractivity contribution >= 4 is 17.6 Å². The molecule has 1 heterocycles. The van der Waals surface area contributed by atoms with Gasteiger partial charge in [0.1, 0.15) is 5.75 Å². The standard InChI is InChI=1S/C25H28N4O5/c1-5-34-20-9-7-6-8-19(20)28-25(27-16-17-10-12-26-13-11-17)29-24(30)18-14-21(31-2)23(33-4)22(15-18)32-3/h6-15H,5,16H2,1-4H3,(H2,27,28,29,30). The smallest absolute Gasteiger partial charge is 0.258 e. The number of aromatic nitrogens is 1. The third-order valence-corrected chi connectivity index (χ3v) is 4.77. The summed E-state index contributed by atoms with van der Waals surface area (Å²) in [6.07, 6.45) is 3.38. The summed E-state index contributed by atoms with van der Waals surface area (Å²) in [4.78, 5) is 21.8. The van der Waals surface area contributed by atoms with Gasteiger partial charge < -0.3 is 24.3 Å². The zero-order chi connectivity index (χ0) is 24.3. The Hall–Kier alpha value is -4.27. The molecule has 0 unspecified atom stereocenters. The fraction of sp³-hybridized carbons (Fsp3) is 0.240. The van der Waals surface area contributed by atoms with Gasteiger partial charge in [-0.2, -0.15) is 0 Å². The second-order valence-electron chi connectivity index (χ2n) is 6.94. The van der Waals surface area contributed by atoms with E-state index in [9.17, 15) is 4.79 Å². The molecule has 0 aliphatic heterocycles. The van der Waals surface area contributed by atoms with Gasteiger partial charge >= 0.3 is 0 Å². The highest BCUT2D eigenvalue weighted by atomic mass is 16.5. The van der Waals surface area contributed by atoms with E-state index in [4.69, 9.17) is 18.9 Å². The first kappa shape index (κ1) is 24.4. The first-order chi connectivity index (χ1) is 16.6. The van der Waals surface area contributed by atoms with Gasteiger partial charge in [-0.05, 0) is 48.9 Å². The molecule has 3 aromatic rings. The van der Waals surface area contributed by atoms with Crippen LogP contribution in [0.5, 0.6) is 23.0 Å². The van der Waals surface area contributed by atoms with Crippen LogP contribution in [0.1, 0.15) is 22.8 Å². The van der Waals surface area contributed by atoms with Gasteiger partial charge in [0.15, 0.2) is 11.5 Å². The number of ether oxygens (including phenoxy) is 4. The summed E-state index contributed by atoms with van der Waals surface area (Å²) in [5.74, 6) is 1.63. The molecular weight excluding hydrogens is 436 g/mol. The van der Waals surface area contributed by atoms with Crippen LogP contribution in [0, 0.1) is 0 Å². The lowest BCUT2D eigenvalue weighted by molar-refractivity contribution is 0.0976. The van der Waals surface area contributed by atoms with E-state index in [1.54, 1.807) is 24.5 Å². The average Bonchev–Trinajstić information content (AvgIpc) is 2.88. The van der Waals surface area contributed by atoms with Crippen LogP contribution >= 0.6 is 0 Å². The number of anilines is 1. The molecule has 9 nitrogen and oxygen atoms in total. The number of para-hydroxylation sites is 2. The minimum atomic E-state index is -0.408. The molecule has 0 aliphatic rings. The summed E-state index contributed by atoms with van der Waals surface area (Å²) >= 11 is 0. The average molecular weight is 465 g/mol. The third kappa shape index (κ3) is 6.16. The number of amides is 1. The lowest BCUT2D eigenvalue weighted by Gasteiger charge is -2.16. The van der Waals surface area contributed by atoms with Crippen LogP contribution in [-0.4, -0.2) is 44.8 Å². The van der Waals surface area contributed by atoms with E-state index in [-0.39, 0.29) is 5.96 Å². The normalized spacial score (nSPS) is 10.9. The maximum Gasteiger partial charge on any atom is 0.258 e. The van der Waals surface area contributed by atoms with Crippen LogP contribution in [0.2, 0.25) is 0 Å². The topological polar surface area (TPSA) is 103 Å². The minimum Gasteiger partial charge on any atom is -0.493 e. The van der Waals surface area contributed by atoms with Crippen molar-refractivity contribution in [3.63, 3.8) is 0 Å². The molecule has 0 spiro atoms. The fourth-order valence-corrected chi connectivity index (χ4v) is 3.14. The number of hydrogen-bond donors (Lipinski definition) is 2. The summed E-state index contributed by atoms with van der Waals surface area (Å²) in [7, 11) is 4.49. The molecule has 0 bridgehead atoms. The predicted octanol–water partition coefficient (Wildman–Crippen LogP) is 3.90. The largest absolute Gasteiger partial charge is 0.493 e. The predicted molar refractivity (Wildman–Crippen MR) is 130 cm³/mol. The van der Waals surface area contributed by atoms with Crippen LogP contribution in [0.3, 0.4) is 0 Å². The lowest BCUT2D eigenvalue weighted by atomic mass is 10.1. The fourth-order valence-electron chi connectivity index (χ4n) is 3.14. The van der Waals surface area contributed by atoms with E-state index in [0.717, 1.165) is 5.56 Å². The molecule has 0 radical (unpaired) electrons. The summed E-state index contributed by atoms with van der Waals surface area (Å²) in [6, 6.07) is 14.3. The number of pyridine rings is 1. The molecule has 1 aromatic heterocycles. The second-order valence-corrected chi connectivity index (χ2v) is 6.94. The first-order valence-corrected chi connectivity index (χ1v) is 10.6. The van der Waals surface area contributed by atoms with Crippen molar-refractivity contribution in [3.05, 3.63) is 72.1 Å². The number of guanidine groups is 1. The SMILES string of the molecule is CCOc1ccccc1NC(=NCc1ccncc1)NC(=O)c1cc(OC)c(OC)c(OC)c1. The van der Waals surface area contributed by atoms with Gasteiger partial charge in [-0.15, -0.1) is 0 Å². The molecule has 0 saturated heterocycles. The highest BCUT2D eigenvalue weighted by Gasteiger charge is 2.18. The van der Waals surface area contributed by atoms with Crippen molar-refractivity contribution in [1.29, 1.82) is 0 Å². The third-order valence-electron chi connectivity index (χ3n) is 4.77. The van der Waals surface area contributed by atoms with E-state index in [0.29, 0.717) is 47.4 Å². The van der Waals surface area contributed by atoms with Crippen molar-refractivity contribution in [1.82, 2.24) is 10.3 Å². The maximum atomic E-state index is 13.2. The van der Waals surface area contributed by atoms with Crippen molar-refractivity contribution in [2.24, 2.45) is 4.99 Å². The van der Waals surface area contributed by atoms with E-state index in [1.165, 1.54) is 21.3 Å². The minimum absolute atomic E-state index is 0.253. The second kappa shape index (κ2) is 12.1. The van der Waals surface area contributed by atoms with Gasteiger partial charge in [-0.25, -0.2) is 4.99 Å². The summed E-state index contributed by atoms with van der Waals surface area (Å²) < 4.78 is 21.8. The number of nitrogens with zero attached hydrogens (tertiary/aromatic N) is 2.